The molecule has 1 saturated carbocycles. The molecule has 1 fully saturated rings. The number of ether oxygens (including phenoxy) is 2. The topological polar surface area (TPSA) is 47.6 Å². The van der Waals surface area contributed by atoms with Crippen molar-refractivity contribution in [1.82, 2.24) is 5.32 Å². The molecule has 0 spiro atoms. The van der Waals surface area contributed by atoms with Crippen molar-refractivity contribution >= 4 is 29.1 Å². The van der Waals surface area contributed by atoms with E-state index in [0.717, 1.165) is 5.56 Å². The number of hydrogen-bond donors (Lipinski definition) is 1. The molecule has 4 nitrogen and oxygen atoms in total. The zero-order valence-corrected chi connectivity index (χ0v) is 14.0. The van der Waals surface area contributed by atoms with E-state index < -0.39 is 9.75 Å². The molecule has 6 heteroatoms. The Morgan fingerprint density at radius 2 is 1.95 bits per heavy atom. The van der Waals surface area contributed by atoms with Gasteiger partial charge < -0.3 is 14.8 Å². The molecule has 1 aliphatic carbocycles. The SMILES string of the molecule is COc1ccc(C(C)NC(=O)C2(C)CC2(Cl)Cl)c(OC)c1. The summed E-state index contributed by atoms with van der Waals surface area (Å²) >= 11 is 12.1. The van der Waals surface area contributed by atoms with Gasteiger partial charge in [0, 0.05) is 11.6 Å². The number of carbonyl (C=O) groups is 1. The second kappa shape index (κ2) is 5.58. The van der Waals surface area contributed by atoms with Crippen LogP contribution in [0, 0.1) is 5.41 Å². The fourth-order valence-electron chi connectivity index (χ4n) is 2.26. The van der Waals surface area contributed by atoms with Crippen molar-refractivity contribution in [2.45, 2.75) is 30.6 Å². The molecular weight excluding hydrogens is 313 g/mol. The van der Waals surface area contributed by atoms with E-state index in [1.807, 2.05) is 19.1 Å². The summed E-state index contributed by atoms with van der Waals surface area (Å²) in [5, 5.41) is 2.94. The Morgan fingerprint density at radius 3 is 2.43 bits per heavy atom. The van der Waals surface area contributed by atoms with Crippen LogP contribution in [-0.2, 0) is 4.79 Å². The van der Waals surface area contributed by atoms with Crippen LogP contribution in [0.25, 0.3) is 0 Å². The lowest BCUT2D eigenvalue weighted by Gasteiger charge is -2.20. The molecule has 0 aromatic heterocycles. The number of amides is 1. The van der Waals surface area contributed by atoms with Crippen molar-refractivity contribution < 1.29 is 14.3 Å². The van der Waals surface area contributed by atoms with E-state index in [9.17, 15) is 4.79 Å². The van der Waals surface area contributed by atoms with E-state index in [2.05, 4.69) is 5.32 Å². The first-order chi connectivity index (χ1) is 9.75. The Labute approximate surface area is 134 Å². The zero-order valence-electron chi connectivity index (χ0n) is 12.5. The quantitative estimate of drug-likeness (QED) is 0.840. The molecule has 2 unspecified atom stereocenters. The van der Waals surface area contributed by atoms with Crippen molar-refractivity contribution in [3.8, 4) is 11.5 Å². The summed E-state index contributed by atoms with van der Waals surface area (Å²) in [6, 6.07) is 5.25. The maximum atomic E-state index is 12.3. The molecule has 0 aliphatic heterocycles. The maximum absolute atomic E-state index is 12.3. The lowest BCUT2D eigenvalue weighted by molar-refractivity contribution is -0.126. The number of hydrogen-bond acceptors (Lipinski definition) is 3. The van der Waals surface area contributed by atoms with Crippen LogP contribution in [0.3, 0.4) is 0 Å². The van der Waals surface area contributed by atoms with Gasteiger partial charge >= 0.3 is 0 Å². The van der Waals surface area contributed by atoms with E-state index in [1.165, 1.54) is 0 Å². The first-order valence-corrected chi connectivity index (χ1v) is 7.41. The Kier molecular flexibility index (Phi) is 4.31. The predicted molar refractivity (Wildman–Crippen MR) is 83.3 cm³/mol. The van der Waals surface area contributed by atoms with Crippen LogP contribution >= 0.6 is 23.2 Å². The Balaban J connectivity index is 2.14. The zero-order chi connectivity index (χ0) is 15.8. The first-order valence-electron chi connectivity index (χ1n) is 6.66. The second-order valence-electron chi connectivity index (χ2n) is 5.52. The highest BCUT2D eigenvalue weighted by Crippen LogP contribution is 2.63. The van der Waals surface area contributed by atoms with Gasteiger partial charge in [-0.05, 0) is 32.4 Å². The van der Waals surface area contributed by atoms with Crippen molar-refractivity contribution in [3.63, 3.8) is 0 Å². The van der Waals surface area contributed by atoms with Gasteiger partial charge in [-0.15, -0.1) is 23.2 Å². The Morgan fingerprint density at radius 1 is 1.33 bits per heavy atom. The summed E-state index contributed by atoms with van der Waals surface area (Å²) in [5.41, 5.74) is 0.134. The van der Waals surface area contributed by atoms with E-state index in [-0.39, 0.29) is 11.9 Å². The third-order valence-electron chi connectivity index (χ3n) is 4.01. The molecule has 1 N–H and O–H groups in total. The molecule has 0 bridgehead atoms. The van der Waals surface area contributed by atoms with Gasteiger partial charge in [0.05, 0.1) is 25.7 Å². The van der Waals surface area contributed by atoms with E-state index in [0.29, 0.717) is 17.9 Å². The summed E-state index contributed by atoms with van der Waals surface area (Å²) in [7, 11) is 3.17. The minimum atomic E-state index is -0.971. The number of methoxy groups -OCH3 is 2. The van der Waals surface area contributed by atoms with Gasteiger partial charge in [-0.25, -0.2) is 0 Å². The summed E-state index contributed by atoms with van der Waals surface area (Å²) in [5.74, 6) is 1.20. The fourth-order valence-corrected chi connectivity index (χ4v) is 2.96. The van der Waals surface area contributed by atoms with Crippen LogP contribution in [0.15, 0.2) is 18.2 Å². The van der Waals surface area contributed by atoms with Crippen LogP contribution < -0.4 is 14.8 Å². The average molecular weight is 332 g/mol. The van der Waals surface area contributed by atoms with E-state index in [1.54, 1.807) is 27.2 Å². The van der Waals surface area contributed by atoms with Crippen LogP contribution in [0.5, 0.6) is 11.5 Å². The molecule has 0 heterocycles. The van der Waals surface area contributed by atoms with Gasteiger partial charge in [0.25, 0.3) is 0 Å². The molecule has 1 aliphatic rings. The highest BCUT2D eigenvalue weighted by atomic mass is 35.5. The monoisotopic (exact) mass is 331 g/mol. The van der Waals surface area contributed by atoms with Crippen molar-refractivity contribution in [2.24, 2.45) is 5.41 Å². The van der Waals surface area contributed by atoms with Crippen LogP contribution in [0.4, 0.5) is 0 Å². The molecule has 21 heavy (non-hydrogen) atoms. The summed E-state index contributed by atoms with van der Waals surface area (Å²) in [6.45, 7) is 3.65. The number of nitrogens with one attached hydrogen (secondary N) is 1. The normalized spacial score (nSPS) is 24.1. The third-order valence-corrected chi connectivity index (χ3v) is 5.12. The Bertz CT molecular complexity index is 562. The maximum Gasteiger partial charge on any atom is 0.229 e. The molecule has 1 aromatic carbocycles. The lowest BCUT2D eigenvalue weighted by atomic mass is 10.0. The summed E-state index contributed by atoms with van der Waals surface area (Å²) in [4.78, 5) is 12.3. The minimum Gasteiger partial charge on any atom is -0.497 e. The molecule has 0 saturated heterocycles. The second-order valence-corrected chi connectivity index (χ2v) is 7.00. The molecule has 2 atom stereocenters. The molecule has 1 amide bonds. The van der Waals surface area contributed by atoms with Crippen LogP contribution in [0.1, 0.15) is 31.9 Å². The van der Waals surface area contributed by atoms with Gasteiger partial charge in [-0.2, -0.15) is 0 Å². The largest absolute Gasteiger partial charge is 0.497 e. The van der Waals surface area contributed by atoms with Crippen LogP contribution in [-0.4, -0.2) is 24.5 Å². The van der Waals surface area contributed by atoms with Gasteiger partial charge in [-0.3, -0.25) is 4.79 Å². The van der Waals surface area contributed by atoms with E-state index in [4.69, 9.17) is 32.7 Å². The number of alkyl halides is 2. The fraction of sp³-hybridized carbons (Fsp3) is 0.533. The number of halogens is 2. The van der Waals surface area contributed by atoms with Gasteiger partial charge in [-0.1, -0.05) is 0 Å². The van der Waals surface area contributed by atoms with Gasteiger partial charge in [0.15, 0.2) is 0 Å². The average Bonchev–Trinajstić information content (AvgIpc) is 2.98. The molecule has 1 aromatic rings. The predicted octanol–water partition coefficient (Wildman–Crippen LogP) is 3.46. The van der Waals surface area contributed by atoms with Crippen LogP contribution in [0.2, 0.25) is 0 Å². The number of benzene rings is 1. The third kappa shape index (κ3) is 2.92. The smallest absolute Gasteiger partial charge is 0.229 e. The van der Waals surface area contributed by atoms with E-state index >= 15 is 0 Å². The molecule has 2 rings (SSSR count). The Hall–Kier alpha value is -1.13. The standard InChI is InChI=1S/C15H19Cl2NO3/c1-9(18-13(19)14(2)8-15(14,16)17)11-6-5-10(20-3)7-12(11)21-4/h5-7,9H,8H2,1-4H3,(H,18,19). The minimum absolute atomic E-state index is 0.155. The van der Waals surface area contributed by atoms with Gasteiger partial charge in [0.1, 0.15) is 15.8 Å². The van der Waals surface area contributed by atoms with Crippen molar-refractivity contribution in [1.29, 1.82) is 0 Å². The highest BCUT2D eigenvalue weighted by Gasteiger charge is 2.67. The molecular formula is C15H19Cl2NO3. The summed E-state index contributed by atoms with van der Waals surface area (Å²) in [6.07, 6.45) is 0.460. The van der Waals surface area contributed by atoms with Crippen molar-refractivity contribution in [2.75, 3.05) is 14.2 Å². The summed E-state index contributed by atoms with van der Waals surface area (Å²) < 4.78 is 9.54. The number of rotatable bonds is 5. The highest BCUT2D eigenvalue weighted by molar-refractivity contribution is 6.53. The molecule has 116 valence electrons. The molecule has 0 radical (unpaired) electrons. The van der Waals surface area contributed by atoms with Gasteiger partial charge in [0.2, 0.25) is 5.91 Å². The lowest BCUT2D eigenvalue weighted by Crippen LogP contribution is -2.35. The van der Waals surface area contributed by atoms with Crippen molar-refractivity contribution in [3.05, 3.63) is 23.8 Å². The number of carbonyl (C=O) groups excluding carboxylic acids is 1. The first kappa shape index (κ1) is 16.2.